The monoisotopic (exact) mass is 329 g/mol. The number of hydrogen-bond donors (Lipinski definition) is 3. The van der Waals surface area contributed by atoms with Crippen molar-refractivity contribution < 1.29 is 17.9 Å². The Morgan fingerprint density at radius 3 is 2.32 bits per heavy atom. The van der Waals surface area contributed by atoms with Gasteiger partial charge in [0.2, 0.25) is 0 Å². The molecule has 0 spiro atoms. The number of hydrogen-bond acceptors (Lipinski definition) is 6. The Hall–Kier alpha value is -1.80. The van der Waals surface area contributed by atoms with Crippen molar-refractivity contribution in [2.24, 2.45) is 5.84 Å². The molecule has 0 bridgehead atoms. The van der Waals surface area contributed by atoms with Crippen LogP contribution in [-0.2, 0) is 14.6 Å². The van der Waals surface area contributed by atoms with Crippen LogP contribution in [0.2, 0.25) is 0 Å². The minimum absolute atomic E-state index is 0.0573. The van der Waals surface area contributed by atoms with Crippen LogP contribution in [0.4, 0.5) is 10.5 Å². The molecule has 0 unspecified atom stereocenters. The lowest BCUT2D eigenvalue weighted by molar-refractivity contribution is 0.0528. The molecule has 124 valence electrons. The highest BCUT2D eigenvalue weighted by atomic mass is 32.2. The minimum atomic E-state index is -3.38. The number of hydrazine groups is 1. The molecule has 4 N–H and O–H groups in total. The van der Waals surface area contributed by atoms with Gasteiger partial charge in [-0.05, 0) is 51.5 Å². The molecule has 0 aliphatic carbocycles. The molecule has 8 heteroatoms. The second-order valence-corrected chi connectivity index (χ2v) is 7.88. The van der Waals surface area contributed by atoms with Crippen LogP contribution >= 0.6 is 0 Å². The molecule has 0 radical (unpaired) electrons. The molecule has 0 atom stereocenters. The number of carbonyl (C=O) groups excluding carboxylic acids is 1. The third-order valence-corrected chi connectivity index (χ3v) is 4.45. The van der Waals surface area contributed by atoms with Gasteiger partial charge < -0.3 is 15.5 Å². The highest BCUT2D eigenvalue weighted by molar-refractivity contribution is 7.91. The van der Waals surface area contributed by atoms with Gasteiger partial charge in [0, 0.05) is 12.2 Å². The summed E-state index contributed by atoms with van der Waals surface area (Å²) in [5.74, 6) is 5.17. The largest absolute Gasteiger partial charge is 0.444 e. The number of nitrogens with two attached hydrogens (primary N) is 1. The summed E-state index contributed by atoms with van der Waals surface area (Å²) in [7, 11) is -3.38. The molecule has 7 nitrogen and oxygen atoms in total. The number of nitrogens with one attached hydrogen (secondary N) is 2. The second kappa shape index (κ2) is 7.46. The van der Waals surface area contributed by atoms with Gasteiger partial charge in [-0.2, -0.15) is 0 Å². The van der Waals surface area contributed by atoms with E-state index in [-0.39, 0.29) is 17.2 Å². The number of rotatable bonds is 6. The summed E-state index contributed by atoms with van der Waals surface area (Å²) in [5.41, 5.74) is 2.49. The Kier molecular flexibility index (Phi) is 6.19. The maximum absolute atomic E-state index is 12.1. The highest BCUT2D eigenvalue weighted by Gasteiger charge is 2.17. The van der Waals surface area contributed by atoms with Crippen molar-refractivity contribution in [3.63, 3.8) is 0 Å². The van der Waals surface area contributed by atoms with Crippen LogP contribution in [0.1, 0.15) is 27.2 Å². The van der Waals surface area contributed by atoms with E-state index in [0.717, 1.165) is 0 Å². The molecule has 0 heterocycles. The van der Waals surface area contributed by atoms with Crippen molar-refractivity contribution in [2.45, 2.75) is 37.7 Å². The third kappa shape index (κ3) is 6.31. The van der Waals surface area contributed by atoms with Crippen LogP contribution in [0.5, 0.6) is 0 Å². The van der Waals surface area contributed by atoms with Crippen LogP contribution < -0.4 is 16.6 Å². The molecule has 0 aromatic heterocycles. The quantitative estimate of drug-likeness (QED) is 0.416. The Morgan fingerprint density at radius 1 is 1.23 bits per heavy atom. The number of ether oxygens (including phenoxy) is 1. The summed E-state index contributed by atoms with van der Waals surface area (Å²) in [4.78, 5) is 11.6. The smallest absolute Gasteiger partial charge is 0.407 e. The molecule has 0 saturated carbocycles. The summed E-state index contributed by atoms with van der Waals surface area (Å²) in [6, 6.07) is 6.16. The van der Waals surface area contributed by atoms with Crippen molar-refractivity contribution in [1.82, 2.24) is 5.32 Å². The van der Waals surface area contributed by atoms with E-state index in [2.05, 4.69) is 10.7 Å². The van der Waals surface area contributed by atoms with E-state index in [0.29, 0.717) is 12.1 Å². The molecule has 0 aliphatic heterocycles. The molecule has 22 heavy (non-hydrogen) atoms. The first kappa shape index (κ1) is 18.2. The average molecular weight is 329 g/mol. The number of sulfone groups is 1. The topological polar surface area (TPSA) is 111 Å². The van der Waals surface area contributed by atoms with Crippen molar-refractivity contribution in [3.8, 4) is 0 Å². The standard InChI is InChI=1S/C14H23N3O4S/c1-14(2,3)21-13(18)16-9-4-10-22(19,20)12-7-5-11(17-15)6-8-12/h5-8,17H,4,9-10,15H2,1-3H3,(H,16,18). The van der Waals surface area contributed by atoms with Gasteiger partial charge in [0.05, 0.1) is 10.6 Å². The SMILES string of the molecule is CC(C)(C)OC(=O)NCCCS(=O)(=O)c1ccc(NN)cc1. The first-order valence-corrected chi connectivity index (χ1v) is 8.55. The maximum atomic E-state index is 12.1. The summed E-state index contributed by atoms with van der Waals surface area (Å²) < 4.78 is 29.3. The van der Waals surface area contributed by atoms with E-state index >= 15 is 0 Å². The lowest BCUT2D eigenvalue weighted by Crippen LogP contribution is -2.33. The first-order valence-electron chi connectivity index (χ1n) is 6.90. The van der Waals surface area contributed by atoms with Gasteiger partial charge in [-0.1, -0.05) is 0 Å². The zero-order chi connectivity index (χ0) is 16.8. The van der Waals surface area contributed by atoms with Gasteiger partial charge in [-0.25, -0.2) is 13.2 Å². The van der Waals surface area contributed by atoms with E-state index in [1.165, 1.54) is 12.1 Å². The van der Waals surface area contributed by atoms with E-state index in [9.17, 15) is 13.2 Å². The summed E-state index contributed by atoms with van der Waals surface area (Å²) >= 11 is 0. The first-order chi connectivity index (χ1) is 10.1. The molecule has 0 fully saturated rings. The number of nitrogen functional groups attached to an aromatic ring is 1. The Labute approximate surface area is 131 Å². The van der Waals surface area contributed by atoms with Crippen LogP contribution in [0, 0.1) is 0 Å². The Morgan fingerprint density at radius 2 is 1.82 bits per heavy atom. The zero-order valence-electron chi connectivity index (χ0n) is 13.0. The predicted molar refractivity (Wildman–Crippen MR) is 85.2 cm³/mol. The van der Waals surface area contributed by atoms with Crippen LogP contribution in [0.15, 0.2) is 29.2 Å². The van der Waals surface area contributed by atoms with E-state index in [4.69, 9.17) is 10.6 Å². The third-order valence-electron chi connectivity index (χ3n) is 2.64. The zero-order valence-corrected chi connectivity index (χ0v) is 13.9. The number of amides is 1. The average Bonchev–Trinajstić information content (AvgIpc) is 2.42. The van der Waals surface area contributed by atoms with Gasteiger partial charge in [-0.15, -0.1) is 0 Å². The van der Waals surface area contributed by atoms with Gasteiger partial charge in [0.25, 0.3) is 0 Å². The molecule has 1 rings (SSSR count). The summed E-state index contributed by atoms with van der Waals surface area (Å²) in [5, 5.41) is 2.53. The van der Waals surface area contributed by atoms with Gasteiger partial charge >= 0.3 is 6.09 Å². The highest BCUT2D eigenvalue weighted by Crippen LogP contribution is 2.15. The number of carbonyl (C=O) groups is 1. The van der Waals surface area contributed by atoms with Gasteiger partial charge in [0.15, 0.2) is 9.84 Å². The Balaban J connectivity index is 2.44. The molecule has 0 aliphatic rings. The lowest BCUT2D eigenvalue weighted by Gasteiger charge is -2.19. The van der Waals surface area contributed by atoms with E-state index < -0.39 is 21.5 Å². The normalized spacial score (nSPS) is 11.8. The van der Waals surface area contributed by atoms with Gasteiger partial charge in [0.1, 0.15) is 5.60 Å². The predicted octanol–water partition coefficient (Wildman–Crippen LogP) is 1.66. The van der Waals surface area contributed by atoms with Crippen LogP contribution in [0.25, 0.3) is 0 Å². The number of alkyl carbamates (subject to hydrolysis) is 1. The maximum Gasteiger partial charge on any atom is 0.407 e. The minimum Gasteiger partial charge on any atom is -0.444 e. The van der Waals surface area contributed by atoms with E-state index in [1.54, 1.807) is 32.9 Å². The van der Waals surface area contributed by atoms with Crippen molar-refractivity contribution >= 4 is 21.6 Å². The molecule has 1 aromatic rings. The van der Waals surface area contributed by atoms with Crippen molar-refractivity contribution in [1.29, 1.82) is 0 Å². The van der Waals surface area contributed by atoms with Crippen molar-refractivity contribution in [2.75, 3.05) is 17.7 Å². The number of anilines is 1. The fourth-order valence-corrected chi connectivity index (χ4v) is 2.95. The second-order valence-electron chi connectivity index (χ2n) is 5.77. The summed E-state index contributed by atoms with van der Waals surface area (Å²) in [6.07, 6.45) is -0.248. The van der Waals surface area contributed by atoms with Crippen molar-refractivity contribution in [3.05, 3.63) is 24.3 Å². The molecular formula is C14H23N3O4S. The summed E-state index contributed by atoms with van der Waals surface area (Å²) in [6.45, 7) is 5.52. The number of benzene rings is 1. The van der Waals surface area contributed by atoms with E-state index in [1.807, 2.05) is 0 Å². The fraction of sp³-hybridized carbons (Fsp3) is 0.500. The molecule has 0 saturated heterocycles. The van der Waals surface area contributed by atoms with Crippen LogP contribution in [-0.4, -0.2) is 32.4 Å². The Bertz CT molecular complexity index is 592. The molecule has 1 aromatic carbocycles. The fourth-order valence-electron chi connectivity index (χ4n) is 1.64. The van der Waals surface area contributed by atoms with Crippen LogP contribution in [0.3, 0.4) is 0 Å². The lowest BCUT2D eigenvalue weighted by atomic mass is 10.2. The molecule has 1 amide bonds. The molecular weight excluding hydrogens is 306 g/mol. The van der Waals surface area contributed by atoms with Gasteiger partial charge in [-0.3, -0.25) is 5.84 Å².